The zero-order chi connectivity index (χ0) is 14.5. The van der Waals surface area contributed by atoms with E-state index in [2.05, 4.69) is 32.6 Å². The predicted octanol–water partition coefficient (Wildman–Crippen LogP) is 2.89. The van der Waals surface area contributed by atoms with Crippen molar-refractivity contribution in [2.45, 2.75) is 65.0 Å². The van der Waals surface area contributed by atoms with Crippen LogP contribution in [0.4, 0.5) is 0 Å². The quantitative estimate of drug-likeness (QED) is 0.773. The summed E-state index contributed by atoms with van der Waals surface area (Å²) in [6, 6.07) is 0.532. The molecule has 1 aliphatic carbocycles. The van der Waals surface area contributed by atoms with Crippen LogP contribution in [-0.4, -0.2) is 43.3 Å². The summed E-state index contributed by atoms with van der Waals surface area (Å²) in [5.74, 6) is 1.59. The first-order chi connectivity index (χ1) is 8.96. The molecule has 2 unspecified atom stereocenters. The van der Waals surface area contributed by atoms with Gasteiger partial charge in [0, 0.05) is 31.8 Å². The van der Waals surface area contributed by atoms with Gasteiger partial charge >= 0.3 is 0 Å². The highest BCUT2D eigenvalue weighted by Crippen LogP contribution is 2.40. The molecule has 0 radical (unpaired) electrons. The van der Waals surface area contributed by atoms with Crippen LogP contribution in [0.15, 0.2) is 0 Å². The lowest BCUT2D eigenvalue weighted by Gasteiger charge is -2.51. The second-order valence-electron chi connectivity index (χ2n) is 6.81. The highest BCUT2D eigenvalue weighted by Gasteiger charge is 2.41. The van der Waals surface area contributed by atoms with Gasteiger partial charge in [-0.05, 0) is 38.5 Å². The minimum atomic E-state index is 0.194. The Morgan fingerprint density at radius 1 is 1.32 bits per heavy atom. The molecule has 2 N–H and O–H groups in total. The maximum Gasteiger partial charge on any atom is 0.0590 e. The number of nitrogens with two attached hydrogens (primary N) is 1. The summed E-state index contributed by atoms with van der Waals surface area (Å²) >= 11 is 0. The molecule has 2 atom stereocenters. The molecule has 1 saturated carbocycles. The SMILES string of the molecule is COCCN(C(C)C)C1(CN)CCCC(C(C)C)C1. The topological polar surface area (TPSA) is 38.5 Å². The van der Waals surface area contributed by atoms with Crippen molar-refractivity contribution in [3.8, 4) is 0 Å². The smallest absolute Gasteiger partial charge is 0.0590 e. The number of nitrogens with zero attached hydrogens (tertiary/aromatic N) is 1. The van der Waals surface area contributed by atoms with Crippen molar-refractivity contribution in [2.75, 3.05) is 26.8 Å². The van der Waals surface area contributed by atoms with E-state index in [9.17, 15) is 0 Å². The Bertz CT molecular complexity index is 255. The summed E-state index contributed by atoms with van der Waals surface area (Å²) in [7, 11) is 1.78. The van der Waals surface area contributed by atoms with E-state index in [4.69, 9.17) is 10.5 Å². The Morgan fingerprint density at radius 2 is 2.00 bits per heavy atom. The molecular formula is C16H34N2O. The fourth-order valence-electron chi connectivity index (χ4n) is 3.75. The normalized spacial score (nSPS) is 28.6. The van der Waals surface area contributed by atoms with Gasteiger partial charge in [-0.25, -0.2) is 0 Å². The molecule has 1 rings (SSSR count). The summed E-state index contributed by atoms with van der Waals surface area (Å²) in [6.45, 7) is 11.8. The first-order valence-electron chi connectivity index (χ1n) is 7.92. The lowest BCUT2D eigenvalue weighted by Crippen LogP contribution is -2.59. The van der Waals surface area contributed by atoms with Gasteiger partial charge in [-0.15, -0.1) is 0 Å². The fraction of sp³-hybridized carbons (Fsp3) is 1.00. The lowest BCUT2D eigenvalue weighted by atomic mass is 9.70. The van der Waals surface area contributed by atoms with Gasteiger partial charge in [0.1, 0.15) is 0 Å². The average molecular weight is 270 g/mol. The van der Waals surface area contributed by atoms with E-state index in [0.29, 0.717) is 6.04 Å². The molecule has 1 aliphatic rings. The van der Waals surface area contributed by atoms with Crippen molar-refractivity contribution in [3.05, 3.63) is 0 Å². The van der Waals surface area contributed by atoms with Crippen molar-refractivity contribution in [3.63, 3.8) is 0 Å². The van der Waals surface area contributed by atoms with Gasteiger partial charge in [-0.1, -0.05) is 26.7 Å². The van der Waals surface area contributed by atoms with Gasteiger partial charge in [0.25, 0.3) is 0 Å². The second-order valence-corrected chi connectivity index (χ2v) is 6.81. The third-order valence-electron chi connectivity index (χ3n) is 4.95. The maximum absolute atomic E-state index is 6.23. The first kappa shape index (κ1) is 16.9. The van der Waals surface area contributed by atoms with E-state index in [1.807, 2.05) is 0 Å². The molecule has 1 fully saturated rings. The molecule has 0 spiro atoms. The first-order valence-corrected chi connectivity index (χ1v) is 7.92. The third kappa shape index (κ3) is 4.17. The van der Waals surface area contributed by atoms with Crippen molar-refractivity contribution in [1.82, 2.24) is 4.90 Å². The Balaban J connectivity index is 2.85. The monoisotopic (exact) mass is 270 g/mol. The minimum Gasteiger partial charge on any atom is -0.383 e. The van der Waals surface area contributed by atoms with E-state index in [0.717, 1.165) is 31.5 Å². The number of hydrogen-bond acceptors (Lipinski definition) is 3. The Hall–Kier alpha value is -0.120. The van der Waals surface area contributed by atoms with Crippen LogP contribution in [0.2, 0.25) is 0 Å². The highest BCUT2D eigenvalue weighted by molar-refractivity contribution is 4.98. The molecule has 0 bridgehead atoms. The molecule has 0 heterocycles. The summed E-state index contributed by atoms with van der Waals surface area (Å²) < 4.78 is 5.29. The standard InChI is InChI=1S/C16H34N2O/c1-13(2)15-7-6-8-16(11-15,12-17)18(14(3)4)9-10-19-5/h13-15H,6-12,17H2,1-5H3. The summed E-state index contributed by atoms with van der Waals surface area (Å²) in [4.78, 5) is 2.60. The van der Waals surface area contributed by atoms with Crippen LogP contribution in [0.1, 0.15) is 53.4 Å². The van der Waals surface area contributed by atoms with Gasteiger partial charge in [0.05, 0.1) is 6.61 Å². The van der Waals surface area contributed by atoms with Crippen molar-refractivity contribution in [1.29, 1.82) is 0 Å². The summed E-state index contributed by atoms with van der Waals surface area (Å²) in [5.41, 5.74) is 6.42. The van der Waals surface area contributed by atoms with E-state index in [1.54, 1.807) is 7.11 Å². The van der Waals surface area contributed by atoms with Crippen LogP contribution in [-0.2, 0) is 4.74 Å². The van der Waals surface area contributed by atoms with Gasteiger partial charge in [-0.2, -0.15) is 0 Å². The number of ether oxygens (including phenoxy) is 1. The minimum absolute atomic E-state index is 0.194. The summed E-state index contributed by atoms with van der Waals surface area (Å²) in [6.07, 6.45) is 5.18. The number of methoxy groups -OCH3 is 1. The molecular weight excluding hydrogens is 236 g/mol. The van der Waals surface area contributed by atoms with Crippen LogP contribution in [0, 0.1) is 11.8 Å². The molecule has 0 saturated heterocycles. The van der Waals surface area contributed by atoms with Crippen molar-refractivity contribution < 1.29 is 4.74 Å². The van der Waals surface area contributed by atoms with Gasteiger partial charge < -0.3 is 10.5 Å². The molecule has 0 aliphatic heterocycles. The Kier molecular flexibility index (Phi) is 6.78. The molecule has 114 valence electrons. The average Bonchev–Trinajstić information content (AvgIpc) is 2.39. The zero-order valence-corrected chi connectivity index (χ0v) is 13.6. The van der Waals surface area contributed by atoms with Crippen LogP contribution in [0.3, 0.4) is 0 Å². The Labute approximate surface area is 119 Å². The molecule has 3 nitrogen and oxygen atoms in total. The molecule has 19 heavy (non-hydrogen) atoms. The molecule has 0 aromatic carbocycles. The van der Waals surface area contributed by atoms with E-state index < -0.39 is 0 Å². The van der Waals surface area contributed by atoms with Crippen molar-refractivity contribution in [2.24, 2.45) is 17.6 Å². The van der Waals surface area contributed by atoms with E-state index in [1.165, 1.54) is 25.7 Å². The van der Waals surface area contributed by atoms with E-state index in [-0.39, 0.29) is 5.54 Å². The lowest BCUT2D eigenvalue weighted by molar-refractivity contribution is -0.0109. The number of rotatable bonds is 7. The summed E-state index contributed by atoms with van der Waals surface area (Å²) in [5, 5.41) is 0. The maximum atomic E-state index is 6.23. The third-order valence-corrected chi connectivity index (χ3v) is 4.95. The Morgan fingerprint density at radius 3 is 2.47 bits per heavy atom. The van der Waals surface area contributed by atoms with Gasteiger partial charge in [-0.3, -0.25) is 4.90 Å². The number of hydrogen-bond donors (Lipinski definition) is 1. The van der Waals surface area contributed by atoms with E-state index >= 15 is 0 Å². The zero-order valence-electron chi connectivity index (χ0n) is 13.6. The van der Waals surface area contributed by atoms with Crippen LogP contribution < -0.4 is 5.73 Å². The van der Waals surface area contributed by atoms with Crippen LogP contribution >= 0.6 is 0 Å². The second kappa shape index (κ2) is 7.61. The fourth-order valence-corrected chi connectivity index (χ4v) is 3.75. The molecule has 0 amide bonds. The van der Waals surface area contributed by atoms with Crippen LogP contribution in [0.5, 0.6) is 0 Å². The van der Waals surface area contributed by atoms with Crippen molar-refractivity contribution >= 4 is 0 Å². The molecule has 0 aromatic rings. The van der Waals surface area contributed by atoms with Gasteiger partial charge in [0.2, 0.25) is 0 Å². The predicted molar refractivity (Wildman–Crippen MR) is 82.3 cm³/mol. The molecule has 3 heteroatoms. The van der Waals surface area contributed by atoms with Gasteiger partial charge in [0.15, 0.2) is 0 Å². The van der Waals surface area contributed by atoms with Crippen LogP contribution in [0.25, 0.3) is 0 Å². The largest absolute Gasteiger partial charge is 0.383 e. The molecule has 0 aromatic heterocycles. The highest BCUT2D eigenvalue weighted by atomic mass is 16.5.